The predicted octanol–water partition coefficient (Wildman–Crippen LogP) is 3.72. The van der Waals surface area contributed by atoms with Crippen molar-refractivity contribution in [3.8, 4) is 0 Å². The second-order valence-corrected chi connectivity index (χ2v) is 5.65. The molecule has 0 bridgehead atoms. The van der Waals surface area contributed by atoms with Crippen molar-refractivity contribution >= 4 is 46.4 Å². The van der Waals surface area contributed by atoms with Gasteiger partial charge in [0.2, 0.25) is 0 Å². The number of benzene rings is 1. The van der Waals surface area contributed by atoms with Gasteiger partial charge in [-0.15, -0.1) is 31.4 Å². The Morgan fingerprint density at radius 1 is 1.41 bits per heavy atom. The number of rotatable bonds is 5. The second-order valence-electron chi connectivity index (χ2n) is 4.79. The van der Waals surface area contributed by atoms with Gasteiger partial charge in [-0.25, -0.2) is 0 Å². The summed E-state index contributed by atoms with van der Waals surface area (Å²) in [6, 6.07) is 5.53. The van der Waals surface area contributed by atoms with Crippen LogP contribution in [0.15, 0.2) is 35.3 Å². The van der Waals surface area contributed by atoms with Crippen LogP contribution in [0.5, 0.6) is 0 Å². The van der Waals surface area contributed by atoms with Gasteiger partial charge in [0.05, 0.1) is 9.40 Å². The zero-order chi connectivity index (χ0) is 14.5. The lowest BCUT2D eigenvalue weighted by Crippen LogP contribution is -2.45. The molecule has 22 heavy (non-hydrogen) atoms. The van der Waals surface area contributed by atoms with E-state index >= 15 is 0 Å². The molecule has 0 saturated carbocycles. The van der Waals surface area contributed by atoms with Gasteiger partial charge in [-0.3, -0.25) is 15.0 Å². The quantitative estimate of drug-likeness (QED) is 0.454. The fourth-order valence-electron chi connectivity index (χ4n) is 2.52. The van der Waals surface area contributed by atoms with Crippen molar-refractivity contribution in [2.75, 3.05) is 26.2 Å². The van der Waals surface area contributed by atoms with E-state index in [9.17, 15) is 10.1 Å². The molecule has 1 N–H and O–H groups in total. The highest BCUT2D eigenvalue weighted by Gasteiger charge is 2.23. The van der Waals surface area contributed by atoms with Crippen molar-refractivity contribution < 1.29 is 4.92 Å². The van der Waals surface area contributed by atoms with E-state index in [0.717, 1.165) is 38.2 Å². The van der Waals surface area contributed by atoms with Crippen molar-refractivity contribution in [1.82, 2.24) is 10.2 Å². The van der Waals surface area contributed by atoms with Crippen LogP contribution in [0.3, 0.4) is 0 Å². The Morgan fingerprint density at radius 2 is 2.05 bits per heavy atom. The minimum atomic E-state index is -0.351. The number of nitrogens with one attached hydrogen (secondary N) is 1. The van der Waals surface area contributed by atoms with Crippen LogP contribution in [-0.4, -0.2) is 36.0 Å². The predicted molar refractivity (Wildman–Crippen MR) is 97.3 cm³/mol. The average Bonchev–Trinajstić information content (AvgIpc) is 2.46. The van der Waals surface area contributed by atoms with E-state index in [2.05, 4.69) is 32.7 Å². The van der Waals surface area contributed by atoms with E-state index in [1.807, 2.05) is 12.1 Å². The first kappa shape index (κ1) is 21.3. The molecule has 1 aliphatic heterocycles. The van der Waals surface area contributed by atoms with Crippen LogP contribution in [0.25, 0.3) is 0 Å². The molecule has 1 aliphatic rings. The minimum Gasteiger partial charge on any atom is -0.314 e. The van der Waals surface area contributed by atoms with Crippen molar-refractivity contribution in [3.63, 3.8) is 0 Å². The summed E-state index contributed by atoms with van der Waals surface area (Å²) in [6.45, 7) is 7.61. The smallest absolute Gasteiger partial charge is 0.283 e. The number of nitro groups is 1. The molecular formula is C14H20BrCl2N3O2. The number of hydrogen-bond donors (Lipinski definition) is 1. The van der Waals surface area contributed by atoms with E-state index in [1.165, 1.54) is 0 Å². The van der Waals surface area contributed by atoms with E-state index in [-0.39, 0.29) is 41.5 Å². The van der Waals surface area contributed by atoms with Gasteiger partial charge in [0.25, 0.3) is 5.69 Å². The molecule has 8 heteroatoms. The monoisotopic (exact) mass is 411 g/mol. The topological polar surface area (TPSA) is 58.4 Å². The zero-order valence-electron chi connectivity index (χ0n) is 12.0. The van der Waals surface area contributed by atoms with Gasteiger partial charge in [0, 0.05) is 38.3 Å². The molecule has 5 nitrogen and oxygen atoms in total. The fraction of sp³-hybridized carbons (Fsp3) is 0.429. The standard InChI is InChI=1S/C14H18BrN3O2.2ClH/c1-2-3-13(17-8-6-16-7-9-17)11-4-5-12(15)14(10-11)18(19)20;;/h2,4-5,10,13,16H,1,3,6-9H2;2*1H/t13-;;/m1../s1. The minimum absolute atomic E-state index is 0. The lowest BCUT2D eigenvalue weighted by molar-refractivity contribution is -0.385. The first-order valence-electron chi connectivity index (χ1n) is 6.63. The lowest BCUT2D eigenvalue weighted by atomic mass is 10.0. The molecule has 1 aromatic rings. The molecule has 1 heterocycles. The van der Waals surface area contributed by atoms with Crippen LogP contribution in [0.1, 0.15) is 18.0 Å². The Labute approximate surface area is 151 Å². The molecule has 1 aromatic carbocycles. The highest BCUT2D eigenvalue weighted by Crippen LogP contribution is 2.32. The summed E-state index contributed by atoms with van der Waals surface area (Å²) in [5.74, 6) is 0. The molecule has 0 unspecified atom stereocenters. The maximum Gasteiger partial charge on any atom is 0.283 e. The molecule has 0 spiro atoms. The third-order valence-electron chi connectivity index (χ3n) is 3.53. The largest absolute Gasteiger partial charge is 0.314 e. The van der Waals surface area contributed by atoms with E-state index in [1.54, 1.807) is 12.1 Å². The zero-order valence-corrected chi connectivity index (χ0v) is 15.3. The van der Waals surface area contributed by atoms with Crippen molar-refractivity contribution in [3.05, 3.63) is 51.0 Å². The summed E-state index contributed by atoms with van der Waals surface area (Å²) in [5.41, 5.74) is 1.09. The van der Waals surface area contributed by atoms with Gasteiger partial charge >= 0.3 is 0 Å². The first-order chi connectivity index (χ1) is 9.63. The lowest BCUT2D eigenvalue weighted by Gasteiger charge is -2.34. The van der Waals surface area contributed by atoms with Crippen LogP contribution in [0.2, 0.25) is 0 Å². The van der Waals surface area contributed by atoms with Crippen LogP contribution in [0, 0.1) is 10.1 Å². The molecule has 0 aromatic heterocycles. The number of nitrogens with zero attached hydrogens (tertiary/aromatic N) is 2. The molecule has 1 saturated heterocycles. The average molecular weight is 413 g/mol. The molecule has 124 valence electrons. The number of nitro benzene ring substituents is 1. The molecular weight excluding hydrogens is 393 g/mol. The van der Waals surface area contributed by atoms with Gasteiger partial charge in [-0.05, 0) is 34.0 Å². The summed E-state index contributed by atoms with van der Waals surface area (Å²) in [7, 11) is 0. The summed E-state index contributed by atoms with van der Waals surface area (Å²) in [4.78, 5) is 13.1. The molecule has 0 amide bonds. The van der Waals surface area contributed by atoms with Gasteiger partial charge in [-0.1, -0.05) is 12.1 Å². The second kappa shape index (κ2) is 10.2. The molecule has 0 radical (unpaired) electrons. The Balaban J connectivity index is 0.00000220. The summed E-state index contributed by atoms with van der Waals surface area (Å²) in [6.07, 6.45) is 2.67. The van der Waals surface area contributed by atoms with Gasteiger partial charge < -0.3 is 5.32 Å². The van der Waals surface area contributed by atoms with Crippen LogP contribution >= 0.6 is 40.7 Å². The molecule has 1 fully saturated rings. The summed E-state index contributed by atoms with van der Waals surface area (Å²) < 4.78 is 0.518. The third kappa shape index (κ3) is 5.21. The Hall–Kier alpha value is -0.660. The SMILES string of the molecule is C=CC[C@H](c1ccc(Br)c([N+](=O)[O-])c1)N1CCNCC1.Cl.Cl. The van der Waals surface area contributed by atoms with Crippen molar-refractivity contribution in [2.45, 2.75) is 12.5 Å². The Morgan fingerprint density at radius 3 is 2.59 bits per heavy atom. The van der Waals surface area contributed by atoms with Crippen LogP contribution in [0.4, 0.5) is 5.69 Å². The third-order valence-corrected chi connectivity index (χ3v) is 4.20. The molecule has 0 aliphatic carbocycles. The molecule has 2 rings (SSSR count). The van der Waals surface area contributed by atoms with Crippen molar-refractivity contribution in [2.24, 2.45) is 0 Å². The number of hydrogen-bond acceptors (Lipinski definition) is 4. The fourth-order valence-corrected chi connectivity index (χ4v) is 2.92. The normalized spacial score (nSPS) is 16.0. The van der Waals surface area contributed by atoms with Crippen molar-refractivity contribution in [1.29, 1.82) is 0 Å². The maximum atomic E-state index is 11.1. The van der Waals surface area contributed by atoms with E-state index in [0.29, 0.717) is 4.47 Å². The van der Waals surface area contributed by atoms with Crippen LogP contribution < -0.4 is 5.32 Å². The van der Waals surface area contributed by atoms with E-state index < -0.39 is 0 Å². The molecule has 1 atom stereocenters. The highest BCUT2D eigenvalue weighted by atomic mass is 79.9. The first-order valence-corrected chi connectivity index (χ1v) is 7.42. The van der Waals surface area contributed by atoms with Crippen LogP contribution in [-0.2, 0) is 0 Å². The van der Waals surface area contributed by atoms with Gasteiger partial charge in [0.15, 0.2) is 0 Å². The Kier molecular flexibility index (Phi) is 9.87. The number of piperazine rings is 1. The van der Waals surface area contributed by atoms with E-state index in [4.69, 9.17) is 0 Å². The maximum absolute atomic E-state index is 11.1. The number of halogens is 3. The summed E-state index contributed by atoms with van der Waals surface area (Å²) >= 11 is 3.23. The Bertz CT molecular complexity index is 511. The van der Waals surface area contributed by atoms with Gasteiger partial charge in [-0.2, -0.15) is 0 Å². The highest BCUT2D eigenvalue weighted by molar-refractivity contribution is 9.10. The van der Waals surface area contributed by atoms with Gasteiger partial charge in [0.1, 0.15) is 0 Å². The summed E-state index contributed by atoms with van der Waals surface area (Å²) in [5, 5.41) is 14.4.